The second kappa shape index (κ2) is 13.1. The van der Waals surface area contributed by atoms with Crippen molar-refractivity contribution in [1.29, 1.82) is 0 Å². The van der Waals surface area contributed by atoms with Crippen LogP contribution in [0.4, 0.5) is 5.69 Å². The van der Waals surface area contributed by atoms with Crippen molar-refractivity contribution in [3.63, 3.8) is 0 Å². The molecular weight excluding hydrogens is 649 g/mol. The van der Waals surface area contributed by atoms with E-state index in [0.29, 0.717) is 37.0 Å². The number of carbonyl (C=O) groups is 1. The molecule has 4 heterocycles. The monoisotopic (exact) mass is 690 g/mol. The second-order valence-corrected chi connectivity index (χ2v) is 18.4. The maximum absolute atomic E-state index is 14.9. The minimum Gasteiger partial charge on any atom is -0.497 e. The Morgan fingerprint density at radius 2 is 1.88 bits per heavy atom. The fraction of sp³-hybridized carbons (Fsp3) is 0.342. The molecule has 1 spiro atoms. The minimum atomic E-state index is -2.37. The Kier molecular flexibility index (Phi) is 8.79. The van der Waals surface area contributed by atoms with Gasteiger partial charge in [0.25, 0.3) is 11.5 Å². The zero-order valence-electron chi connectivity index (χ0n) is 28.8. The van der Waals surface area contributed by atoms with Crippen LogP contribution in [-0.4, -0.2) is 70.2 Å². The number of methoxy groups -OCH3 is 1. The summed E-state index contributed by atoms with van der Waals surface area (Å²) in [5, 5.41) is 25.0. The van der Waals surface area contributed by atoms with Crippen LogP contribution >= 0.6 is 0 Å². The summed E-state index contributed by atoms with van der Waals surface area (Å²) in [5.41, 5.74) is 1.24. The highest BCUT2D eigenvalue weighted by Gasteiger charge is 2.66. The average molecular weight is 691 g/mol. The number of rotatable bonds is 11. The van der Waals surface area contributed by atoms with Crippen molar-refractivity contribution in [2.75, 3.05) is 25.2 Å². The standard InChI is InChI=1S/C38H42N6O5Si/c1-6-19-43-33-16-11-28(44-36(46)31-10-8-7-9-26(31)23-39-44)22-32(33)38(37(43)47)25(2)35(50(4,5)30-14-12-29(48-3)13-15-30)34(49-38)17-20-42-24-27(18-21-45)40-41-42/h6-16,22-25,34-35,45H,1,17-21H2,2-5H3/t25-,34+,35-,38+/m0/s1. The molecule has 50 heavy (non-hydrogen) atoms. The van der Waals surface area contributed by atoms with E-state index in [0.717, 1.165) is 28.1 Å². The number of aromatic nitrogens is 5. The van der Waals surface area contributed by atoms with Gasteiger partial charge in [-0.25, -0.2) is 0 Å². The molecule has 2 aromatic heterocycles. The van der Waals surface area contributed by atoms with E-state index < -0.39 is 13.7 Å². The lowest BCUT2D eigenvalue weighted by Crippen LogP contribution is -2.52. The zero-order chi connectivity index (χ0) is 35.2. The minimum absolute atomic E-state index is 0.000244. The summed E-state index contributed by atoms with van der Waals surface area (Å²) in [6.45, 7) is 11.6. The van der Waals surface area contributed by atoms with E-state index in [1.165, 1.54) is 9.87 Å². The molecule has 0 aliphatic carbocycles. The highest BCUT2D eigenvalue weighted by Crippen LogP contribution is 2.60. The molecule has 11 nitrogen and oxygen atoms in total. The van der Waals surface area contributed by atoms with Gasteiger partial charge in [-0.2, -0.15) is 9.78 Å². The van der Waals surface area contributed by atoms with Gasteiger partial charge in [-0.1, -0.05) is 66.8 Å². The van der Waals surface area contributed by atoms with E-state index in [2.05, 4.69) is 54.1 Å². The summed E-state index contributed by atoms with van der Waals surface area (Å²) in [5.74, 6) is 0.431. The van der Waals surface area contributed by atoms with Crippen LogP contribution in [0, 0.1) is 5.92 Å². The largest absolute Gasteiger partial charge is 0.497 e. The molecule has 1 fully saturated rings. The number of aryl methyl sites for hydroxylation is 1. The van der Waals surface area contributed by atoms with Crippen molar-refractivity contribution >= 4 is 35.6 Å². The molecule has 0 unspecified atom stereocenters. The number of nitrogens with zero attached hydrogens (tertiary/aromatic N) is 6. The van der Waals surface area contributed by atoms with Crippen LogP contribution in [0.2, 0.25) is 18.6 Å². The third-order valence-corrected chi connectivity index (χ3v) is 15.0. The van der Waals surface area contributed by atoms with Gasteiger partial charge in [-0.15, -0.1) is 11.7 Å². The number of aliphatic hydroxyl groups excluding tert-OH is 1. The van der Waals surface area contributed by atoms with Gasteiger partial charge in [0, 0.05) is 49.2 Å². The lowest BCUT2D eigenvalue weighted by molar-refractivity contribution is -0.145. The van der Waals surface area contributed by atoms with E-state index in [-0.39, 0.29) is 35.6 Å². The molecule has 2 aliphatic rings. The first kappa shape index (κ1) is 33.6. The van der Waals surface area contributed by atoms with Crippen molar-refractivity contribution in [3.8, 4) is 11.4 Å². The summed E-state index contributed by atoms with van der Waals surface area (Å²) >= 11 is 0. The first-order valence-corrected chi connectivity index (χ1v) is 20.1. The van der Waals surface area contributed by atoms with Gasteiger partial charge in [0.2, 0.25) is 0 Å². The third kappa shape index (κ3) is 5.38. The quantitative estimate of drug-likeness (QED) is 0.160. The van der Waals surface area contributed by atoms with Gasteiger partial charge < -0.3 is 19.5 Å². The Hall–Kier alpha value is -4.91. The van der Waals surface area contributed by atoms with Crippen LogP contribution < -0.4 is 20.4 Å². The molecule has 0 saturated carbocycles. The van der Waals surface area contributed by atoms with Gasteiger partial charge in [0.1, 0.15) is 5.75 Å². The molecular formula is C38H42N6O5Si. The van der Waals surface area contributed by atoms with E-state index in [1.807, 2.05) is 54.7 Å². The number of aliphatic hydroxyl groups is 1. The second-order valence-electron chi connectivity index (χ2n) is 13.7. The van der Waals surface area contributed by atoms with Gasteiger partial charge in [0.05, 0.1) is 49.9 Å². The molecule has 1 saturated heterocycles. The Bertz CT molecular complexity index is 2130. The molecule has 258 valence electrons. The Morgan fingerprint density at radius 3 is 2.62 bits per heavy atom. The van der Waals surface area contributed by atoms with Crippen LogP contribution in [0.5, 0.6) is 5.75 Å². The summed E-state index contributed by atoms with van der Waals surface area (Å²) in [7, 11) is -0.712. The molecule has 3 aromatic carbocycles. The van der Waals surface area contributed by atoms with Crippen molar-refractivity contribution in [3.05, 3.63) is 113 Å². The molecule has 0 radical (unpaired) electrons. The van der Waals surface area contributed by atoms with E-state index in [4.69, 9.17) is 9.47 Å². The SMILES string of the molecule is C=CCN1C(=O)[C@]2(O[C@H](CCn3cc(CCO)nn3)[C@@H]([Si](C)(C)c3ccc(OC)cc3)[C@@H]2C)c2cc(-n3ncc4ccccc4c3=O)ccc21. The Balaban J connectivity index is 1.35. The lowest BCUT2D eigenvalue weighted by Gasteiger charge is -2.37. The van der Waals surface area contributed by atoms with Crippen LogP contribution in [0.15, 0.2) is 96.6 Å². The van der Waals surface area contributed by atoms with Crippen molar-refractivity contribution < 1.29 is 19.4 Å². The maximum Gasteiger partial charge on any atom is 0.279 e. The maximum atomic E-state index is 14.9. The fourth-order valence-electron chi connectivity index (χ4n) is 8.22. The molecule has 4 atom stereocenters. The number of hydrogen-bond acceptors (Lipinski definition) is 8. The lowest BCUT2D eigenvalue weighted by atomic mass is 9.82. The molecule has 7 rings (SSSR count). The summed E-state index contributed by atoms with van der Waals surface area (Å²) in [6, 6.07) is 21.3. The highest BCUT2D eigenvalue weighted by atomic mass is 28.3. The summed E-state index contributed by atoms with van der Waals surface area (Å²) in [6.07, 6.45) is 6.00. The molecule has 0 bridgehead atoms. The molecule has 2 aliphatic heterocycles. The van der Waals surface area contributed by atoms with Gasteiger partial charge >= 0.3 is 0 Å². The Labute approximate surface area is 291 Å². The van der Waals surface area contributed by atoms with Crippen molar-refractivity contribution in [2.24, 2.45) is 5.92 Å². The summed E-state index contributed by atoms with van der Waals surface area (Å²) < 4.78 is 15.9. The number of ether oxygens (including phenoxy) is 2. The predicted octanol–water partition coefficient (Wildman–Crippen LogP) is 4.36. The van der Waals surface area contributed by atoms with E-state index in [1.54, 1.807) is 35.0 Å². The van der Waals surface area contributed by atoms with Crippen LogP contribution in [0.25, 0.3) is 16.5 Å². The smallest absolute Gasteiger partial charge is 0.279 e. The first-order valence-electron chi connectivity index (χ1n) is 17.0. The fourth-order valence-corrected chi connectivity index (χ4v) is 12.3. The topological polar surface area (TPSA) is 125 Å². The molecule has 12 heteroatoms. The van der Waals surface area contributed by atoms with E-state index >= 15 is 0 Å². The number of amides is 1. The third-order valence-electron chi connectivity index (χ3n) is 10.7. The Morgan fingerprint density at radius 1 is 1.10 bits per heavy atom. The number of hydrogen-bond donors (Lipinski definition) is 1. The molecule has 5 aromatic rings. The predicted molar refractivity (Wildman–Crippen MR) is 195 cm³/mol. The normalized spacial score (nSPS) is 21.7. The average Bonchev–Trinajstić information content (AvgIpc) is 3.77. The zero-order valence-corrected chi connectivity index (χ0v) is 29.8. The molecule has 1 N–H and O–H groups in total. The van der Waals surface area contributed by atoms with Crippen LogP contribution in [0.3, 0.4) is 0 Å². The van der Waals surface area contributed by atoms with Gasteiger partial charge in [-0.3, -0.25) is 14.3 Å². The number of benzene rings is 3. The number of fused-ring (bicyclic) bond motifs is 3. The first-order chi connectivity index (χ1) is 24.1. The van der Waals surface area contributed by atoms with Crippen LogP contribution in [0.1, 0.15) is 24.6 Å². The van der Waals surface area contributed by atoms with E-state index in [9.17, 15) is 14.7 Å². The van der Waals surface area contributed by atoms with Crippen LogP contribution in [-0.2, 0) is 28.1 Å². The number of anilines is 1. The van der Waals surface area contributed by atoms with Gasteiger partial charge in [-0.05, 0) is 48.4 Å². The highest BCUT2D eigenvalue weighted by molar-refractivity contribution is 6.91. The van der Waals surface area contributed by atoms with Crippen molar-refractivity contribution in [2.45, 2.75) is 56.7 Å². The summed E-state index contributed by atoms with van der Waals surface area (Å²) in [4.78, 5) is 30.3. The molecule has 1 amide bonds. The van der Waals surface area contributed by atoms with Crippen molar-refractivity contribution in [1.82, 2.24) is 24.8 Å². The number of carbonyl (C=O) groups excluding carboxylic acids is 1. The van der Waals surface area contributed by atoms with Gasteiger partial charge in [0.15, 0.2) is 5.60 Å².